The number of rotatable bonds is 2. The molecule has 4 heteroatoms. The smallest absolute Gasteiger partial charge is 0.231 e. The molecule has 0 bridgehead atoms. The van der Waals surface area contributed by atoms with Gasteiger partial charge in [-0.05, 0) is 17.2 Å². The highest BCUT2D eigenvalue weighted by Gasteiger charge is 2.38. The number of thioether (sulfide) groups is 1. The van der Waals surface area contributed by atoms with Crippen LogP contribution in [0, 0.1) is 0 Å². The summed E-state index contributed by atoms with van der Waals surface area (Å²) in [6.07, 6.45) is 0. The Labute approximate surface area is 140 Å². The highest BCUT2D eigenvalue weighted by molar-refractivity contribution is 7.99. The molecule has 0 spiro atoms. The van der Waals surface area contributed by atoms with Crippen LogP contribution in [-0.2, 0) is 4.79 Å². The van der Waals surface area contributed by atoms with E-state index in [4.69, 9.17) is 5.73 Å². The molecule has 2 aliphatic heterocycles. The molecule has 0 radical (unpaired) electrons. The normalized spacial score (nSPS) is 26.3. The topological polar surface area (TPSA) is 46.3 Å². The summed E-state index contributed by atoms with van der Waals surface area (Å²) in [5, 5.41) is 0. The lowest BCUT2D eigenvalue weighted by atomic mass is 9.95. The van der Waals surface area contributed by atoms with E-state index in [0.29, 0.717) is 6.54 Å². The predicted molar refractivity (Wildman–Crippen MR) is 93.6 cm³/mol. The number of carbonyl (C=O) groups is 1. The zero-order valence-electron chi connectivity index (χ0n) is 12.9. The van der Waals surface area contributed by atoms with Crippen molar-refractivity contribution in [2.75, 3.05) is 18.8 Å². The molecule has 1 fully saturated rings. The maximum Gasteiger partial charge on any atom is 0.231 e. The van der Waals surface area contributed by atoms with E-state index in [1.165, 1.54) is 16.0 Å². The summed E-state index contributed by atoms with van der Waals surface area (Å²) in [4.78, 5) is 16.2. The monoisotopic (exact) mass is 324 g/mol. The molecule has 2 N–H and O–H groups in total. The third-order valence-electron chi connectivity index (χ3n) is 4.90. The van der Waals surface area contributed by atoms with Crippen molar-refractivity contribution in [2.24, 2.45) is 5.73 Å². The maximum absolute atomic E-state index is 13.0. The van der Waals surface area contributed by atoms with Crippen LogP contribution in [0.2, 0.25) is 0 Å². The summed E-state index contributed by atoms with van der Waals surface area (Å²) in [6, 6.07) is 18.6. The van der Waals surface area contributed by atoms with Gasteiger partial charge < -0.3 is 10.6 Å². The number of fused-ring (bicyclic) bond motifs is 1. The molecule has 0 aromatic heterocycles. The van der Waals surface area contributed by atoms with Crippen molar-refractivity contribution in [2.45, 2.75) is 22.8 Å². The molecule has 0 saturated carbocycles. The quantitative estimate of drug-likeness (QED) is 0.924. The van der Waals surface area contributed by atoms with Crippen molar-refractivity contribution >= 4 is 17.7 Å². The van der Waals surface area contributed by atoms with Crippen LogP contribution < -0.4 is 5.73 Å². The minimum Gasteiger partial charge on any atom is -0.340 e. The standard InChI is InChI=1S/C19H20N2OS/c20-17-11-21(10-15(17)13-6-2-1-3-7-13)19(22)16-12-23-18-9-5-4-8-14(16)18/h1-9,15-17H,10-12,20H2/t15-,16?,17+/m0/s1. The van der Waals surface area contributed by atoms with Gasteiger partial charge in [0.1, 0.15) is 0 Å². The first-order chi connectivity index (χ1) is 11.2. The third kappa shape index (κ3) is 2.66. The zero-order valence-corrected chi connectivity index (χ0v) is 13.7. The summed E-state index contributed by atoms with van der Waals surface area (Å²) >= 11 is 1.78. The minimum absolute atomic E-state index is 0.0158. The Hall–Kier alpha value is -1.78. The van der Waals surface area contributed by atoms with Crippen LogP contribution in [-0.4, -0.2) is 35.7 Å². The van der Waals surface area contributed by atoms with Gasteiger partial charge in [0.15, 0.2) is 0 Å². The van der Waals surface area contributed by atoms with Crippen LogP contribution in [0.15, 0.2) is 59.5 Å². The van der Waals surface area contributed by atoms with Crippen molar-refractivity contribution in [3.05, 3.63) is 65.7 Å². The van der Waals surface area contributed by atoms with Crippen LogP contribution >= 0.6 is 11.8 Å². The summed E-state index contributed by atoms with van der Waals surface area (Å²) in [5.74, 6) is 1.30. The van der Waals surface area contributed by atoms with E-state index < -0.39 is 0 Å². The summed E-state index contributed by atoms with van der Waals surface area (Å²) in [7, 11) is 0. The molecule has 1 saturated heterocycles. The van der Waals surface area contributed by atoms with Crippen LogP contribution in [0.3, 0.4) is 0 Å². The number of likely N-dealkylation sites (tertiary alicyclic amines) is 1. The average Bonchev–Trinajstić information content (AvgIpc) is 3.19. The summed E-state index contributed by atoms with van der Waals surface area (Å²) < 4.78 is 0. The van der Waals surface area contributed by atoms with E-state index in [2.05, 4.69) is 24.3 Å². The number of amides is 1. The Bertz CT molecular complexity index is 718. The third-order valence-corrected chi connectivity index (χ3v) is 6.09. The number of hydrogen-bond acceptors (Lipinski definition) is 3. The van der Waals surface area contributed by atoms with Gasteiger partial charge >= 0.3 is 0 Å². The van der Waals surface area contributed by atoms with E-state index in [9.17, 15) is 4.79 Å². The Kier molecular flexibility index (Phi) is 3.87. The lowest BCUT2D eigenvalue weighted by molar-refractivity contribution is -0.131. The van der Waals surface area contributed by atoms with Gasteiger partial charge in [-0.15, -0.1) is 11.8 Å². The fraction of sp³-hybridized carbons (Fsp3) is 0.316. The molecule has 3 atom stereocenters. The SMILES string of the molecule is N[C@@H]1CN(C(=O)C2CSc3ccccc32)C[C@H]1c1ccccc1. The summed E-state index contributed by atoms with van der Waals surface area (Å²) in [6.45, 7) is 1.38. The largest absolute Gasteiger partial charge is 0.340 e. The predicted octanol–water partition coefficient (Wildman–Crippen LogP) is 2.83. The second kappa shape index (κ2) is 6.02. The van der Waals surface area contributed by atoms with E-state index in [1.807, 2.05) is 35.2 Å². The van der Waals surface area contributed by atoms with Crippen molar-refractivity contribution in [3.8, 4) is 0 Å². The molecule has 3 nitrogen and oxygen atoms in total. The molecule has 4 rings (SSSR count). The molecule has 2 heterocycles. The Morgan fingerprint density at radius 2 is 1.78 bits per heavy atom. The molecule has 1 amide bonds. The molecular weight excluding hydrogens is 304 g/mol. The van der Waals surface area contributed by atoms with Crippen LogP contribution in [0.25, 0.3) is 0 Å². The molecule has 118 valence electrons. The fourth-order valence-corrected chi connectivity index (χ4v) is 4.87. The lowest BCUT2D eigenvalue weighted by Crippen LogP contribution is -2.35. The average molecular weight is 324 g/mol. The summed E-state index contributed by atoms with van der Waals surface area (Å²) in [5.41, 5.74) is 8.75. The highest BCUT2D eigenvalue weighted by atomic mass is 32.2. The molecule has 23 heavy (non-hydrogen) atoms. The Balaban J connectivity index is 1.53. The van der Waals surface area contributed by atoms with Crippen molar-refractivity contribution < 1.29 is 4.79 Å². The first-order valence-corrected chi connectivity index (χ1v) is 9.03. The van der Waals surface area contributed by atoms with Gasteiger partial charge in [0.05, 0.1) is 5.92 Å². The molecule has 0 aliphatic carbocycles. The molecular formula is C19H20N2OS. The van der Waals surface area contributed by atoms with Crippen LogP contribution in [0.1, 0.15) is 23.0 Å². The first-order valence-electron chi connectivity index (χ1n) is 8.05. The molecule has 2 aromatic rings. The second-order valence-electron chi connectivity index (χ2n) is 6.33. The molecule has 2 aromatic carbocycles. The highest BCUT2D eigenvalue weighted by Crippen LogP contribution is 2.41. The zero-order chi connectivity index (χ0) is 15.8. The van der Waals surface area contributed by atoms with Crippen LogP contribution in [0.4, 0.5) is 0 Å². The van der Waals surface area contributed by atoms with Gasteiger partial charge in [-0.2, -0.15) is 0 Å². The number of carbonyl (C=O) groups excluding carboxylic acids is 1. The Morgan fingerprint density at radius 3 is 2.61 bits per heavy atom. The first kappa shape index (κ1) is 14.8. The van der Waals surface area contributed by atoms with Gasteiger partial charge in [0.25, 0.3) is 0 Å². The van der Waals surface area contributed by atoms with E-state index in [0.717, 1.165) is 12.3 Å². The van der Waals surface area contributed by atoms with Gasteiger partial charge in [-0.1, -0.05) is 48.5 Å². The fourth-order valence-electron chi connectivity index (χ4n) is 3.65. The number of hydrogen-bond donors (Lipinski definition) is 1. The Morgan fingerprint density at radius 1 is 1.04 bits per heavy atom. The van der Waals surface area contributed by atoms with Gasteiger partial charge in [-0.25, -0.2) is 0 Å². The van der Waals surface area contributed by atoms with E-state index in [1.54, 1.807) is 11.8 Å². The van der Waals surface area contributed by atoms with E-state index in [-0.39, 0.29) is 23.8 Å². The molecule has 1 unspecified atom stereocenters. The lowest BCUT2D eigenvalue weighted by Gasteiger charge is -2.21. The second-order valence-corrected chi connectivity index (χ2v) is 7.39. The van der Waals surface area contributed by atoms with Crippen molar-refractivity contribution in [1.82, 2.24) is 4.90 Å². The van der Waals surface area contributed by atoms with Crippen molar-refractivity contribution in [3.63, 3.8) is 0 Å². The maximum atomic E-state index is 13.0. The van der Waals surface area contributed by atoms with Gasteiger partial charge in [0, 0.05) is 35.7 Å². The number of benzene rings is 2. The number of nitrogens with zero attached hydrogens (tertiary/aromatic N) is 1. The van der Waals surface area contributed by atoms with Crippen LogP contribution in [0.5, 0.6) is 0 Å². The van der Waals surface area contributed by atoms with E-state index >= 15 is 0 Å². The van der Waals surface area contributed by atoms with Gasteiger partial charge in [-0.3, -0.25) is 4.79 Å². The van der Waals surface area contributed by atoms with Crippen molar-refractivity contribution in [1.29, 1.82) is 0 Å². The minimum atomic E-state index is -0.0158. The van der Waals surface area contributed by atoms with Gasteiger partial charge in [0.2, 0.25) is 5.91 Å². The molecule has 2 aliphatic rings. The number of nitrogens with two attached hydrogens (primary N) is 1.